The van der Waals surface area contributed by atoms with Crippen LogP contribution >= 0.6 is 0 Å². The van der Waals surface area contributed by atoms with Gasteiger partial charge in [-0.1, -0.05) is 0 Å². The fourth-order valence-corrected chi connectivity index (χ4v) is 7.18. The zero-order valence-corrected chi connectivity index (χ0v) is 24.4. The summed E-state index contributed by atoms with van der Waals surface area (Å²) >= 11 is -1.81. The van der Waals surface area contributed by atoms with E-state index >= 15 is 0 Å². The quantitative estimate of drug-likeness (QED) is 0.307. The second-order valence-electron chi connectivity index (χ2n) is 10.8. The third-order valence-corrected chi connectivity index (χ3v) is 9.89. The van der Waals surface area contributed by atoms with Crippen molar-refractivity contribution in [1.82, 2.24) is 14.5 Å². The number of anilines is 2. The number of aromatic nitrogens is 2. The summed E-state index contributed by atoms with van der Waals surface area (Å²) in [6, 6.07) is 13.4. The van der Waals surface area contributed by atoms with Crippen LogP contribution in [0.15, 0.2) is 36.4 Å². The third kappa shape index (κ3) is 5.33. The van der Waals surface area contributed by atoms with Crippen molar-refractivity contribution in [2.24, 2.45) is 5.92 Å². The number of methoxy groups -OCH3 is 1. The molecule has 0 amide bonds. The van der Waals surface area contributed by atoms with Gasteiger partial charge >= 0.3 is 243 Å². The molecule has 2 atom stereocenters. The van der Waals surface area contributed by atoms with Gasteiger partial charge in [0.25, 0.3) is 0 Å². The number of fused-ring (bicyclic) bond motifs is 2. The Bertz CT molecular complexity index is 1590. The van der Waals surface area contributed by atoms with E-state index in [1.165, 1.54) is 0 Å². The standard InChI is InChI=1S/C29H29F3N6O2Se/c1-19-8-9-24(39-2)22(13-19)34-11-4-5-21-26(41-29(30,31)32)23-6-3-7-25(38(23)36-21)35-28-10-12-37(15-20(28)14-28)27(16-33)17-40-18-27/h3,6-9,13,20,34-35H,10-12,14-15,17-18H2,1-2H3. The average Bonchev–Trinajstić information content (AvgIpc) is 3.52. The summed E-state index contributed by atoms with van der Waals surface area (Å²) in [6.45, 7) is 4.59. The van der Waals surface area contributed by atoms with Crippen molar-refractivity contribution >= 4 is 36.4 Å². The van der Waals surface area contributed by atoms with E-state index in [2.05, 4.69) is 38.5 Å². The molecule has 0 spiro atoms. The molecule has 12 heteroatoms. The molecule has 6 rings (SSSR count). The van der Waals surface area contributed by atoms with Crippen LogP contribution in [0.25, 0.3) is 5.52 Å². The maximum absolute atomic E-state index is 13.7. The number of hydrogen-bond acceptors (Lipinski definition) is 7. The number of halogens is 3. The summed E-state index contributed by atoms with van der Waals surface area (Å²) < 4.78 is 53.4. The van der Waals surface area contributed by atoms with Gasteiger partial charge in [-0.15, -0.1) is 0 Å². The molecule has 2 aliphatic heterocycles. The molecule has 0 bridgehead atoms. The van der Waals surface area contributed by atoms with Gasteiger partial charge in [0.15, 0.2) is 0 Å². The fourth-order valence-electron chi connectivity index (χ4n) is 5.76. The SMILES string of the molecule is COc1ccc(C)cc1NCC#Cc1nn2c(NC34CCN(C5(C#N)COC5)CC3C4)cccc2c1[Se]C(F)(F)F. The van der Waals surface area contributed by atoms with Gasteiger partial charge in [-0.05, 0) is 0 Å². The molecule has 3 aliphatic rings. The van der Waals surface area contributed by atoms with Crippen molar-refractivity contribution in [3.63, 3.8) is 0 Å². The Hall–Kier alpha value is -3.41. The van der Waals surface area contributed by atoms with Gasteiger partial charge in [0.1, 0.15) is 0 Å². The zero-order valence-electron chi connectivity index (χ0n) is 22.6. The first kappa shape index (κ1) is 27.7. The van der Waals surface area contributed by atoms with Crippen molar-refractivity contribution in [2.75, 3.05) is 50.6 Å². The average molecular weight is 630 g/mol. The van der Waals surface area contributed by atoms with E-state index in [1.54, 1.807) is 23.8 Å². The molecule has 41 heavy (non-hydrogen) atoms. The van der Waals surface area contributed by atoms with Gasteiger partial charge in [-0.25, -0.2) is 0 Å². The number of piperidine rings is 1. The van der Waals surface area contributed by atoms with Gasteiger partial charge in [0, 0.05) is 0 Å². The van der Waals surface area contributed by atoms with Crippen LogP contribution in [0, 0.1) is 36.0 Å². The molecule has 1 aliphatic carbocycles. The van der Waals surface area contributed by atoms with Gasteiger partial charge in [0.05, 0.1) is 0 Å². The molecule has 3 fully saturated rings. The van der Waals surface area contributed by atoms with E-state index in [4.69, 9.17) is 9.47 Å². The minimum atomic E-state index is -4.35. The number of aryl methyl sites for hydroxylation is 1. The number of nitrogens with zero attached hydrogens (tertiary/aromatic N) is 4. The Labute approximate surface area is 242 Å². The Balaban J connectivity index is 1.24. The minimum absolute atomic E-state index is 0.120. The molecule has 2 saturated heterocycles. The van der Waals surface area contributed by atoms with E-state index < -0.39 is 25.6 Å². The molecule has 2 aromatic heterocycles. The monoisotopic (exact) mass is 630 g/mol. The number of nitriles is 1. The van der Waals surface area contributed by atoms with Crippen molar-refractivity contribution in [3.05, 3.63) is 47.7 Å². The van der Waals surface area contributed by atoms with Gasteiger partial charge in [-0.3, -0.25) is 0 Å². The Morgan fingerprint density at radius 3 is 2.78 bits per heavy atom. The molecule has 2 N–H and O–H groups in total. The molecule has 3 aromatic rings. The predicted molar refractivity (Wildman–Crippen MR) is 150 cm³/mol. The van der Waals surface area contributed by atoms with Crippen LogP contribution in [0.2, 0.25) is 0 Å². The van der Waals surface area contributed by atoms with Crippen LogP contribution < -0.4 is 19.8 Å². The molecule has 214 valence electrons. The molecular formula is C29H29F3N6O2Se. The summed E-state index contributed by atoms with van der Waals surface area (Å²) in [6.07, 6.45) is 1.77. The molecular weight excluding hydrogens is 600 g/mol. The summed E-state index contributed by atoms with van der Waals surface area (Å²) in [7, 11) is 1.58. The van der Waals surface area contributed by atoms with E-state index in [0.29, 0.717) is 36.2 Å². The van der Waals surface area contributed by atoms with Crippen LogP contribution in [-0.2, 0) is 4.74 Å². The van der Waals surface area contributed by atoms with E-state index in [0.717, 1.165) is 37.2 Å². The van der Waals surface area contributed by atoms with Crippen molar-refractivity contribution in [3.8, 4) is 23.7 Å². The van der Waals surface area contributed by atoms with Crippen LogP contribution in [0.1, 0.15) is 24.1 Å². The second-order valence-corrected chi connectivity index (χ2v) is 13.1. The number of nitrogens with one attached hydrogen (secondary N) is 2. The number of pyridine rings is 1. The first-order chi connectivity index (χ1) is 19.7. The van der Waals surface area contributed by atoms with E-state index in [-0.39, 0.29) is 22.2 Å². The van der Waals surface area contributed by atoms with Gasteiger partial charge in [0.2, 0.25) is 0 Å². The van der Waals surface area contributed by atoms with Gasteiger partial charge in [-0.2, -0.15) is 0 Å². The number of likely N-dealkylation sites (tertiary alicyclic amines) is 1. The predicted octanol–water partition coefficient (Wildman–Crippen LogP) is 3.13. The van der Waals surface area contributed by atoms with E-state index in [9.17, 15) is 18.4 Å². The third-order valence-electron chi connectivity index (χ3n) is 8.13. The number of rotatable bonds is 7. The summed E-state index contributed by atoms with van der Waals surface area (Å²) in [5, 5.41) is 16.7. The molecule has 1 saturated carbocycles. The number of ether oxygens (including phenoxy) is 2. The van der Waals surface area contributed by atoms with Crippen molar-refractivity contribution in [1.29, 1.82) is 5.26 Å². The fraction of sp³-hybridized carbons (Fsp3) is 0.448. The summed E-state index contributed by atoms with van der Waals surface area (Å²) in [5.74, 6) is 7.49. The molecule has 8 nitrogen and oxygen atoms in total. The van der Waals surface area contributed by atoms with Crippen molar-refractivity contribution < 1.29 is 22.6 Å². The maximum atomic E-state index is 13.7. The van der Waals surface area contributed by atoms with Crippen molar-refractivity contribution in [2.45, 2.75) is 35.9 Å². The van der Waals surface area contributed by atoms with Crippen LogP contribution in [0.4, 0.5) is 24.7 Å². The van der Waals surface area contributed by atoms with E-state index in [1.807, 2.05) is 31.2 Å². The van der Waals surface area contributed by atoms with Crippen LogP contribution in [0.5, 0.6) is 5.75 Å². The Morgan fingerprint density at radius 2 is 2.10 bits per heavy atom. The Kier molecular flexibility index (Phi) is 7.07. The zero-order chi connectivity index (χ0) is 28.8. The molecule has 2 unspecified atom stereocenters. The first-order valence-electron chi connectivity index (χ1n) is 13.3. The normalized spacial score (nSPS) is 23.0. The molecule has 1 aromatic carbocycles. The number of hydrogen-bond donors (Lipinski definition) is 2. The van der Waals surface area contributed by atoms with Crippen LogP contribution in [0.3, 0.4) is 0 Å². The van der Waals surface area contributed by atoms with Crippen LogP contribution in [-0.4, -0.2) is 85.6 Å². The topological polar surface area (TPSA) is 86.9 Å². The number of benzene rings is 1. The first-order valence-corrected chi connectivity index (χ1v) is 15.0. The molecule has 4 heterocycles. The second kappa shape index (κ2) is 10.5. The Morgan fingerprint density at radius 1 is 1.27 bits per heavy atom. The molecule has 0 radical (unpaired) electrons. The summed E-state index contributed by atoms with van der Waals surface area (Å²) in [5.41, 5.74) is 1.66. The number of alkyl halides is 3. The summed E-state index contributed by atoms with van der Waals surface area (Å²) in [4.78, 5) is 2.22. The van der Waals surface area contributed by atoms with Gasteiger partial charge < -0.3 is 0 Å².